The molecule has 0 aliphatic carbocycles. The molecule has 0 atom stereocenters. The summed E-state index contributed by atoms with van der Waals surface area (Å²) in [4.78, 5) is 27.7. The molecule has 0 bridgehead atoms. The molecular weight excluding hydrogens is 331 g/mol. The van der Waals surface area contributed by atoms with Gasteiger partial charge in [-0.2, -0.15) is 0 Å². The molecule has 1 aromatic carbocycles. The van der Waals surface area contributed by atoms with E-state index in [1.807, 2.05) is 0 Å². The van der Waals surface area contributed by atoms with Gasteiger partial charge in [-0.3, -0.25) is 14.2 Å². The second kappa shape index (κ2) is 6.63. The lowest BCUT2D eigenvalue weighted by Gasteiger charge is -2.09. The van der Waals surface area contributed by atoms with E-state index in [-0.39, 0.29) is 17.7 Å². The number of thiazole rings is 1. The zero-order valence-electron chi connectivity index (χ0n) is 12.4. The van der Waals surface area contributed by atoms with Gasteiger partial charge in [-0.25, -0.2) is 9.37 Å². The van der Waals surface area contributed by atoms with Crippen molar-refractivity contribution in [2.45, 2.75) is 6.42 Å². The van der Waals surface area contributed by atoms with Gasteiger partial charge in [-0.1, -0.05) is 6.07 Å². The maximum atomic E-state index is 14.2. The Morgan fingerprint density at radius 2 is 2.17 bits per heavy atom. The molecule has 0 saturated heterocycles. The van der Waals surface area contributed by atoms with Crippen molar-refractivity contribution in [2.24, 2.45) is 0 Å². The van der Waals surface area contributed by atoms with Crippen LogP contribution >= 0.6 is 11.3 Å². The highest BCUT2D eigenvalue weighted by atomic mass is 32.1. The third kappa shape index (κ3) is 3.49. The Kier molecular flexibility index (Phi) is 4.39. The number of hydrogen-bond acceptors (Lipinski definition) is 5. The number of anilines is 2. The standard InChI is InChI=1S/C16H13FN4O2S/c17-12-8-11(21-6-2-1-3-15(21)23)4-5-13(12)20-14(22)7-10-9-24-16(18)19-10/h1-6,8-9H,7H2,(H2,18,19)(H,20,22). The highest BCUT2D eigenvalue weighted by Gasteiger charge is 2.11. The molecule has 0 unspecified atom stereocenters. The largest absolute Gasteiger partial charge is 0.375 e. The first-order valence-corrected chi connectivity index (χ1v) is 7.88. The van der Waals surface area contributed by atoms with Crippen LogP contribution in [0.2, 0.25) is 0 Å². The second-order valence-electron chi connectivity index (χ2n) is 4.98. The number of carbonyl (C=O) groups excluding carboxylic acids is 1. The first-order chi connectivity index (χ1) is 11.5. The molecule has 0 fully saturated rings. The molecule has 0 spiro atoms. The predicted octanol–water partition coefficient (Wildman–Crippen LogP) is 2.20. The third-order valence-corrected chi connectivity index (χ3v) is 3.96. The summed E-state index contributed by atoms with van der Waals surface area (Å²) in [5, 5.41) is 4.54. The quantitative estimate of drug-likeness (QED) is 0.759. The molecule has 3 aromatic rings. The summed E-state index contributed by atoms with van der Waals surface area (Å²) in [7, 11) is 0. The van der Waals surface area contributed by atoms with Crippen molar-refractivity contribution in [3.05, 3.63) is 69.8 Å². The Labute approximate surface area is 140 Å². The van der Waals surface area contributed by atoms with Gasteiger partial charge < -0.3 is 11.1 Å². The molecular formula is C16H13FN4O2S. The van der Waals surface area contributed by atoms with Crippen LogP contribution in [0.3, 0.4) is 0 Å². The number of nitrogen functional groups attached to an aromatic ring is 1. The lowest BCUT2D eigenvalue weighted by molar-refractivity contribution is -0.115. The molecule has 2 heterocycles. The number of rotatable bonds is 4. The summed E-state index contributed by atoms with van der Waals surface area (Å²) in [6.07, 6.45) is 1.55. The van der Waals surface area contributed by atoms with Crippen molar-refractivity contribution >= 4 is 28.1 Å². The number of pyridine rings is 1. The van der Waals surface area contributed by atoms with Crippen LogP contribution in [0.15, 0.2) is 52.8 Å². The van der Waals surface area contributed by atoms with Crippen molar-refractivity contribution in [3.63, 3.8) is 0 Å². The lowest BCUT2D eigenvalue weighted by Crippen LogP contribution is -2.17. The van der Waals surface area contributed by atoms with E-state index in [1.54, 1.807) is 29.8 Å². The summed E-state index contributed by atoms with van der Waals surface area (Å²) in [5.74, 6) is -1.03. The fourth-order valence-electron chi connectivity index (χ4n) is 2.16. The van der Waals surface area contributed by atoms with Crippen LogP contribution in [0.25, 0.3) is 5.69 Å². The van der Waals surface area contributed by atoms with Crippen LogP contribution in [0, 0.1) is 5.82 Å². The Morgan fingerprint density at radius 3 is 2.83 bits per heavy atom. The van der Waals surface area contributed by atoms with E-state index in [1.165, 1.54) is 34.1 Å². The summed E-state index contributed by atoms with van der Waals surface area (Å²) in [5.41, 5.74) is 6.18. The van der Waals surface area contributed by atoms with Gasteiger partial charge in [0.2, 0.25) is 5.91 Å². The van der Waals surface area contributed by atoms with Gasteiger partial charge in [0, 0.05) is 23.7 Å². The first-order valence-electron chi connectivity index (χ1n) is 7.00. The molecule has 3 N–H and O–H groups in total. The number of aromatic nitrogens is 2. The minimum Gasteiger partial charge on any atom is -0.375 e. The van der Waals surface area contributed by atoms with Crippen molar-refractivity contribution < 1.29 is 9.18 Å². The monoisotopic (exact) mass is 344 g/mol. The van der Waals surface area contributed by atoms with Crippen LogP contribution < -0.4 is 16.6 Å². The Hall–Kier alpha value is -3.00. The van der Waals surface area contributed by atoms with E-state index in [2.05, 4.69) is 10.3 Å². The van der Waals surface area contributed by atoms with Crippen LogP contribution in [0.4, 0.5) is 15.2 Å². The van der Waals surface area contributed by atoms with Crippen molar-refractivity contribution in [3.8, 4) is 5.69 Å². The molecule has 0 aliphatic rings. The molecule has 6 nitrogen and oxygen atoms in total. The molecule has 8 heteroatoms. The normalized spacial score (nSPS) is 10.5. The molecule has 24 heavy (non-hydrogen) atoms. The molecule has 122 valence electrons. The fraction of sp³-hybridized carbons (Fsp3) is 0.0625. The Morgan fingerprint density at radius 1 is 1.33 bits per heavy atom. The predicted molar refractivity (Wildman–Crippen MR) is 90.9 cm³/mol. The number of nitrogens with zero attached hydrogens (tertiary/aromatic N) is 2. The molecule has 3 rings (SSSR count). The first kappa shape index (κ1) is 15.9. The molecule has 0 saturated carbocycles. The number of carbonyl (C=O) groups is 1. The summed E-state index contributed by atoms with van der Waals surface area (Å²) in [6.45, 7) is 0. The minimum absolute atomic E-state index is 0.00698. The molecule has 2 aromatic heterocycles. The van der Waals surface area contributed by atoms with Crippen LogP contribution in [-0.2, 0) is 11.2 Å². The number of halogens is 1. The maximum absolute atomic E-state index is 14.2. The average molecular weight is 344 g/mol. The second-order valence-corrected chi connectivity index (χ2v) is 5.86. The van der Waals surface area contributed by atoms with Crippen LogP contribution in [0.1, 0.15) is 5.69 Å². The summed E-state index contributed by atoms with van der Waals surface area (Å²) < 4.78 is 15.5. The zero-order chi connectivity index (χ0) is 17.1. The molecule has 0 aliphatic heterocycles. The number of nitrogens with one attached hydrogen (secondary N) is 1. The van der Waals surface area contributed by atoms with E-state index < -0.39 is 11.7 Å². The average Bonchev–Trinajstić information content (AvgIpc) is 2.95. The third-order valence-electron chi connectivity index (χ3n) is 3.24. The topological polar surface area (TPSA) is 90.0 Å². The van der Waals surface area contributed by atoms with Crippen molar-refractivity contribution in [1.29, 1.82) is 0 Å². The van der Waals surface area contributed by atoms with Crippen LogP contribution in [-0.4, -0.2) is 15.5 Å². The SMILES string of the molecule is Nc1nc(CC(=O)Nc2ccc(-n3ccccc3=O)cc2F)cs1. The van der Waals surface area contributed by atoms with E-state index in [9.17, 15) is 14.0 Å². The zero-order valence-corrected chi connectivity index (χ0v) is 13.2. The number of amides is 1. The van der Waals surface area contributed by atoms with Gasteiger partial charge in [0.1, 0.15) is 5.82 Å². The Bertz CT molecular complexity index is 951. The van der Waals surface area contributed by atoms with E-state index in [4.69, 9.17) is 5.73 Å². The Balaban J connectivity index is 1.77. The van der Waals surface area contributed by atoms with Gasteiger partial charge >= 0.3 is 0 Å². The number of nitrogens with two attached hydrogens (primary N) is 1. The maximum Gasteiger partial charge on any atom is 0.255 e. The smallest absolute Gasteiger partial charge is 0.255 e. The molecule has 0 radical (unpaired) electrons. The number of benzene rings is 1. The summed E-state index contributed by atoms with van der Waals surface area (Å²) >= 11 is 1.24. The minimum atomic E-state index is -0.630. The van der Waals surface area contributed by atoms with Crippen molar-refractivity contribution in [1.82, 2.24) is 9.55 Å². The molecule has 1 amide bonds. The van der Waals surface area contributed by atoms with Crippen molar-refractivity contribution in [2.75, 3.05) is 11.1 Å². The van der Waals surface area contributed by atoms with Gasteiger partial charge in [-0.05, 0) is 18.2 Å². The van der Waals surface area contributed by atoms with E-state index in [0.29, 0.717) is 16.5 Å². The fourth-order valence-corrected chi connectivity index (χ4v) is 2.72. The van der Waals surface area contributed by atoms with Gasteiger partial charge in [-0.15, -0.1) is 11.3 Å². The lowest BCUT2D eigenvalue weighted by atomic mass is 10.2. The van der Waals surface area contributed by atoms with Gasteiger partial charge in [0.05, 0.1) is 23.5 Å². The van der Waals surface area contributed by atoms with Gasteiger partial charge in [0.25, 0.3) is 5.56 Å². The van der Waals surface area contributed by atoms with E-state index in [0.717, 1.165) is 0 Å². The number of hydrogen-bond donors (Lipinski definition) is 2. The highest BCUT2D eigenvalue weighted by molar-refractivity contribution is 7.13. The highest BCUT2D eigenvalue weighted by Crippen LogP contribution is 2.18. The van der Waals surface area contributed by atoms with E-state index >= 15 is 0 Å². The van der Waals surface area contributed by atoms with Crippen LogP contribution in [0.5, 0.6) is 0 Å². The summed E-state index contributed by atoms with van der Waals surface area (Å²) in [6, 6.07) is 8.83. The van der Waals surface area contributed by atoms with Gasteiger partial charge in [0.15, 0.2) is 5.13 Å².